The molecule has 0 unspecified atom stereocenters. The Morgan fingerprint density at radius 1 is 1.15 bits per heavy atom. The topological polar surface area (TPSA) is 102 Å². The molecule has 9 heteroatoms. The van der Waals surface area contributed by atoms with E-state index in [-0.39, 0.29) is 27.4 Å². The van der Waals surface area contributed by atoms with E-state index >= 15 is 0 Å². The molecule has 27 heavy (non-hydrogen) atoms. The molecule has 1 rings (SSSR count). The molecular formula is C18H27ClN2O5S. The molecule has 0 spiro atoms. The number of rotatable bonds is 9. The van der Waals surface area contributed by atoms with Crippen LogP contribution in [0, 0.1) is 0 Å². The van der Waals surface area contributed by atoms with Gasteiger partial charge in [-0.2, -0.15) is 0 Å². The zero-order valence-electron chi connectivity index (χ0n) is 16.1. The Hall–Kier alpha value is -1.64. The Kier molecular flexibility index (Phi) is 8.71. The maximum atomic E-state index is 12.5. The first-order valence-corrected chi connectivity index (χ1v) is 10.5. The Bertz CT molecular complexity index is 772. The van der Waals surface area contributed by atoms with Crippen molar-refractivity contribution in [2.24, 2.45) is 0 Å². The number of ether oxygens (including phenoxy) is 1. The number of amides is 1. The van der Waals surface area contributed by atoms with E-state index < -0.39 is 15.6 Å². The number of unbranched alkanes of at least 4 members (excludes halogenated alkanes) is 2. The molecule has 152 valence electrons. The Morgan fingerprint density at radius 2 is 1.81 bits per heavy atom. The van der Waals surface area contributed by atoms with E-state index in [1.54, 1.807) is 20.8 Å². The second-order valence-electron chi connectivity index (χ2n) is 7.14. The smallest absolute Gasteiger partial charge is 0.305 e. The van der Waals surface area contributed by atoms with Crippen LogP contribution in [0.2, 0.25) is 5.02 Å². The van der Waals surface area contributed by atoms with Crippen molar-refractivity contribution in [3.05, 3.63) is 28.8 Å². The summed E-state index contributed by atoms with van der Waals surface area (Å²) in [6.45, 7) is 5.57. The van der Waals surface area contributed by atoms with Gasteiger partial charge in [-0.15, -0.1) is 0 Å². The molecule has 1 aromatic rings. The number of hydrogen-bond acceptors (Lipinski definition) is 5. The highest BCUT2D eigenvalue weighted by molar-refractivity contribution is 7.89. The molecular weight excluding hydrogens is 392 g/mol. The van der Waals surface area contributed by atoms with Crippen LogP contribution in [0.1, 0.15) is 56.8 Å². The molecule has 0 aliphatic rings. The number of benzene rings is 1. The largest absolute Gasteiger partial charge is 0.469 e. The molecule has 0 heterocycles. The summed E-state index contributed by atoms with van der Waals surface area (Å²) in [4.78, 5) is 23.1. The number of sulfonamides is 1. The highest BCUT2D eigenvalue weighted by Crippen LogP contribution is 2.24. The molecule has 1 aromatic carbocycles. The molecule has 0 aliphatic carbocycles. The van der Waals surface area contributed by atoms with Crippen molar-refractivity contribution in [2.75, 3.05) is 13.7 Å². The maximum absolute atomic E-state index is 12.5. The van der Waals surface area contributed by atoms with Crippen molar-refractivity contribution < 1.29 is 22.7 Å². The number of halogens is 1. The van der Waals surface area contributed by atoms with E-state index in [9.17, 15) is 18.0 Å². The van der Waals surface area contributed by atoms with Crippen LogP contribution >= 0.6 is 11.6 Å². The van der Waals surface area contributed by atoms with Crippen LogP contribution in [0.3, 0.4) is 0 Å². The number of methoxy groups -OCH3 is 1. The average molecular weight is 419 g/mol. The molecule has 2 N–H and O–H groups in total. The van der Waals surface area contributed by atoms with Gasteiger partial charge < -0.3 is 10.1 Å². The van der Waals surface area contributed by atoms with Crippen LogP contribution in [-0.2, 0) is 19.6 Å². The van der Waals surface area contributed by atoms with Gasteiger partial charge in [0, 0.05) is 24.1 Å². The quantitative estimate of drug-likeness (QED) is 0.474. The molecule has 0 aromatic heterocycles. The number of hydrogen-bond donors (Lipinski definition) is 2. The maximum Gasteiger partial charge on any atom is 0.305 e. The van der Waals surface area contributed by atoms with Gasteiger partial charge in [0.2, 0.25) is 10.0 Å². The van der Waals surface area contributed by atoms with Crippen molar-refractivity contribution in [1.82, 2.24) is 10.0 Å². The standard InChI is InChI=1S/C18H27ClN2O5S/c1-18(2,3)21-27(24,25)15-12-13(9-10-14(15)19)17(23)20-11-7-5-6-8-16(22)26-4/h9-10,12,21H,5-8,11H2,1-4H3,(H,20,23). The lowest BCUT2D eigenvalue weighted by Crippen LogP contribution is -2.40. The molecule has 0 fully saturated rings. The van der Waals surface area contributed by atoms with Gasteiger partial charge in [0.1, 0.15) is 4.90 Å². The highest BCUT2D eigenvalue weighted by Gasteiger charge is 2.25. The average Bonchev–Trinajstić information content (AvgIpc) is 2.55. The summed E-state index contributed by atoms with van der Waals surface area (Å²) in [7, 11) is -2.51. The first-order valence-electron chi connectivity index (χ1n) is 8.65. The number of carbonyl (C=O) groups excluding carboxylic acids is 2. The third kappa shape index (κ3) is 8.28. The number of nitrogens with one attached hydrogen (secondary N) is 2. The van der Waals surface area contributed by atoms with Crippen LogP contribution in [0.25, 0.3) is 0 Å². The molecule has 0 bridgehead atoms. The minimum atomic E-state index is -3.85. The zero-order valence-corrected chi connectivity index (χ0v) is 17.7. The van der Waals surface area contributed by atoms with Crippen molar-refractivity contribution in [1.29, 1.82) is 0 Å². The molecule has 0 atom stereocenters. The van der Waals surface area contributed by atoms with Gasteiger partial charge in [-0.25, -0.2) is 13.1 Å². The summed E-state index contributed by atoms with van der Waals surface area (Å²) in [6, 6.07) is 4.14. The van der Waals surface area contributed by atoms with Crippen molar-refractivity contribution in [3.63, 3.8) is 0 Å². The first-order chi connectivity index (χ1) is 12.5. The minimum absolute atomic E-state index is 0.0473. The fourth-order valence-electron chi connectivity index (χ4n) is 2.29. The van der Waals surface area contributed by atoms with Gasteiger partial charge in [-0.1, -0.05) is 18.0 Å². The molecule has 0 aliphatic heterocycles. The summed E-state index contributed by atoms with van der Waals surface area (Å²) in [5.41, 5.74) is -0.465. The summed E-state index contributed by atoms with van der Waals surface area (Å²) >= 11 is 6.02. The van der Waals surface area contributed by atoms with E-state index in [0.717, 1.165) is 6.42 Å². The predicted molar refractivity (Wildman–Crippen MR) is 104 cm³/mol. The summed E-state index contributed by atoms with van der Waals surface area (Å²) < 4.78 is 32.1. The van der Waals surface area contributed by atoms with Crippen LogP contribution in [0.15, 0.2) is 23.1 Å². The van der Waals surface area contributed by atoms with Gasteiger partial charge in [0.25, 0.3) is 5.91 Å². The summed E-state index contributed by atoms with van der Waals surface area (Å²) in [6.07, 6.45) is 2.51. The van der Waals surface area contributed by atoms with E-state index in [4.69, 9.17) is 11.6 Å². The number of carbonyl (C=O) groups is 2. The fraction of sp³-hybridized carbons (Fsp3) is 0.556. The van der Waals surface area contributed by atoms with E-state index in [0.29, 0.717) is 25.8 Å². The van der Waals surface area contributed by atoms with Crippen molar-refractivity contribution in [2.45, 2.75) is 56.9 Å². The summed E-state index contributed by atoms with van der Waals surface area (Å²) in [5.74, 6) is -0.635. The van der Waals surface area contributed by atoms with Crippen LogP contribution in [0.4, 0.5) is 0 Å². The molecule has 1 amide bonds. The van der Waals surface area contributed by atoms with Gasteiger partial charge in [-0.3, -0.25) is 9.59 Å². The normalized spacial score (nSPS) is 11.9. The molecule has 0 radical (unpaired) electrons. The van der Waals surface area contributed by atoms with Gasteiger partial charge in [0.15, 0.2) is 0 Å². The Morgan fingerprint density at radius 3 is 2.41 bits per heavy atom. The third-order valence-corrected chi connectivity index (χ3v) is 5.73. The van der Waals surface area contributed by atoms with Gasteiger partial charge in [-0.05, 0) is 51.8 Å². The van der Waals surface area contributed by atoms with E-state index in [1.165, 1.54) is 25.3 Å². The monoisotopic (exact) mass is 418 g/mol. The SMILES string of the molecule is COC(=O)CCCCCNC(=O)c1ccc(Cl)c(S(=O)(=O)NC(C)(C)C)c1. The Labute approximate surface area is 165 Å². The minimum Gasteiger partial charge on any atom is -0.469 e. The fourth-order valence-corrected chi connectivity index (χ4v) is 4.23. The molecule has 0 saturated carbocycles. The first kappa shape index (κ1) is 23.4. The predicted octanol–water partition coefficient (Wildman–Crippen LogP) is 2.88. The lowest BCUT2D eigenvalue weighted by Gasteiger charge is -2.21. The van der Waals surface area contributed by atoms with Crippen LogP contribution < -0.4 is 10.0 Å². The highest BCUT2D eigenvalue weighted by atomic mass is 35.5. The van der Waals surface area contributed by atoms with Crippen LogP contribution in [-0.4, -0.2) is 39.5 Å². The van der Waals surface area contributed by atoms with Crippen LogP contribution in [0.5, 0.6) is 0 Å². The third-order valence-electron chi connectivity index (χ3n) is 3.49. The van der Waals surface area contributed by atoms with Gasteiger partial charge in [0.05, 0.1) is 12.1 Å². The van der Waals surface area contributed by atoms with E-state index in [2.05, 4.69) is 14.8 Å². The zero-order chi connectivity index (χ0) is 20.7. The lowest BCUT2D eigenvalue weighted by atomic mass is 10.1. The molecule has 7 nitrogen and oxygen atoms in total. The second kappa shape index (κ2) is 10.1. The lowest BCUT2D eigenvalue weighted by molar-refractivity contribution is -0.140. The second-order valence-corrected chi connectivity index (χ2v) is 9.20. The van der Waals surface area contributed by atoms with Gasteiger partial charge >= 0.3 is 5.97 Å². The number of esters is 1. The van der Waals surface area contributed by atoms with E-state index in [1.807, 2.05) is 0 Å². The van der Waals surface area contributed by atoms with Crippen molar-refractivity contribution in [3.8, 4) is 0 Å². The Balaban J connectivity index is 2.68. The molecule has 0 saturated heterocycles. The van der Waals surface area contributed by atoms with Crippen molar-refractivity contribution >= 4 is 33.5 Å². The summed E-state index contributed by atoms with van der Waals surface area (Å²) in [5, 5.41) is 2.78.